The van der Waals surface area contributed by atoms with Gasteiger partial charge in [-0.15, -0.1) is 0 Å². The molecule has 0 bridgehead atoms. The van der Waals surface area contributed by atoms with Crippen molar-refractivity contribution in [3.63, 3.8) is 0 Å². The van der Waals surface area contributed by atoms with Crippen LogP contribution in [-0.4, -0.2) is 35.5 Å². The maximum absolute atomic E-state index is 12.5. The van der Waals surface area contributed by atoms with Crippen LogP contribution in [0, 0.1) is 5.92 Å². The predicted octanol–water partition coefficient (Wildman–Crippen LogP) is 3.38. The number of benzene rings is 1. The van der Waals surface area contributed by atoms with E-state index >= 15 is 0 Å². The van der Waals surface area contributed by atoms with Gasteiger partial charge in [-0.25, -0.2) is 4.98 Å². The summed E-state index contributed by atoms with van der Waals surface area (Å²) in [5.74, 6) is 1.75. The van der Waals surface area contributed by atoms with Crippen LogP contribution in [-0.2, 0) is 11.2 Å². The molecule has 2 aromatic heterocycles. The number of hydrogen-bond donors (Lipinski definition) is 2. The number of amides is 1. The van der Waals surface area contributed by atoms with Gasteiger partial charge in [0.25, 0.3) is 0 Å². The first-order chi connectivity index (χ1) is 12.7. The Labute approximate surface area is 156 Å². The van der Waals surface area contributed by atoms with Crippen molar-refractivity contribution in [3.05, 3.63) is 47.4 Å². The second kappa shape index (κ2) is 7.41. The molecule has 136 valence electrons. The van der Waals surface area contributed by atoms with Crippen LogP contribution in [0.1, 0.15) is 18.6 Å². The van der Waals surface area contributed by atoms with Crippen molar-refractivity contribution in [2.75, 3.05) is 24.5 Å². The lowest BCUT2D eigenvalue weighted by atomic mass is 9.97. The minimum absolute atomic E-state index is 0.0304. The summed E-state index contributed by atoms with van der Waals surface area (Å²) in [5.41, 5.74) is 1.80. The molecule has 1 atom stereocenters. The number of piperidine rings is 1. The number of fused-ring (bicyclic) bond motifs is 1. The van der Waals surface area contributed by atoms with E-state index in [1.807, 2.05) is 30.3 Å². The molecular weight excluding hydrogens is 352 g/mol. The standard InChI is InChI=1S/C19H21ClN4O2/c20-14-5-6-16-17(11-14)23-19(22-16)24-9-1-3-13(12-24)18(25)21-8-7-15-4-2-10-26-15/h2,4-6,10-11,13H,1,3,7-9,12H2,(H,21,25)(H,22,23)/t13-/m0/s1. The molecule has 0 unspecified atom stereocenters. The van der Waals surface area contributed by atoms with Crippen LogP contribution < -0.4 is 10.2 Å². The second-order valence-corrected chi connectivity index (χ2v) is 7.06. The summed E-state index contributed by atoms with van der Waals surface area (Å²) in [6.07, 6.45) is 4.22. The van der Waals surface area contributed by atoms with Crippen molar-refractivity contribution in [2.45, 2.75) is 19.3 Å². The third-order valence-corrected chi connectivity index (χ3v) is 5.01. The van der Waals surface area contributed by atoms with Gasteiger partial charge in [0.15, 0.2) is 0 Å². The number of hydrogen-bond acceptors (Lipinski definition) is 4. The maximum atomic E-state index is 12.5. The third-order valence-electron chi connectivity index (χ3n) is 4.77. The highest BCUT2D eigenvalue weighted by Gasteiger charge is 2.27. The van der Waals surface area contributed by atoms with Gasteiger partial charge >= 0.3 is 0 Å². The molecule has 0 aliphatic carbocycles. The first-order valence-corrected chi connectivity index (χ1v) is 9.27. The van der Waals surface area contributed by atoms with Crippen molar-refractivity contribution < 1.29 is 9.21 Å². The Morgan fingerprint density at radius 3 is 3.19 bits per heavy atom. The molecule has 1 aliphatic rings. The van der Waals surface area contributed by atoms with E-state index in [1.165, 1.54) is 0 Å². The molecule has 1 amide bonds. The quantitative estimate of drug-likeness (QED) is 0.720. The average molecular weight is 373 g/mol. The summed E-state index contributed by atoms with van der Waals surface area (Å²) in [5, 5.41) is 3.70. The van der Waals surface area contributed by atoms with Crippen molar-refractivity contribution in [3.8, 4) is 0 Å². The SMILES string of the molecule is O=C(NCCc1ccco1)[C@H]1CCCN(c2nc3ccc(Cl)cc3[nH]2)C1. The van der Waals surface area contributed by atoms with Gasteiger partial charge in [-0.2, -0.15) is 0 Å². The van der Waals surface area contributed by atoms with Crippen molar-refractivity contribution >= 4 is 34.5 Å². The minimum Gasteiger partial charge on any atom is -0.469 e. The number of carbonyl (C=O) groups is 1. The highest BCUT2D eigenvalue weighted by molar-refractivity contribution is 6.31. The number of carbonyl (C=O) groups excluding carboxylic acids is 1. The molecule has 0 spiro atoms. The fourth-order valence-corrected chi connectivity index (χ4v) is 3.58. The summed E-state index contributed by atoms with van der Waals surface area (Å²) >= 11 is 6.04. The van der Waals surface area contributed by atoms with Gasteiger partial charge in [0.2, 0.25) is 11.9 Å². The van der Waals surface area contributed by atoms with E-state index in [2.05, 4.69) is 20.2 Å². The van der Waals surface area contributed by atoms with E-state index in [0.717, 1.165) is 42.1 Å². The number of aromatic nitrogens is 2. The molecule has 1 aromatic carbocycles. The van der Waals surface area contributed by atoms with Gasteiger partial charge in [-0.3, -0.25) is 4.79 Å². The maximum Gasteiger partial charge on any atom is 0.224 e. The van der Waals surface area contributed by atoms with E-state index in [1.54, 1.807) is 6.26 Å². The fourth-order valence-electron chi connectivity index (χ4n) is 3.41. The molecule has 3 heterocycles. The van der Waals surface area contributed by atoms with Crippen molar-refractivity contribution in [1.29, 1.82) is 0 Å². The first kappa shape index (κ1) is 17.0. The molecular formula is C19H21ClN4O2. The van der Waals surface area contributed by atoms with Crippen LogP contribution in [0.3, 0.4) is 0 Å². The van der Waals surface area contributed by atoms with Crippen LogP contribution in [0.15, 0.2) is 41.0 Å². The van der Waals surface area contributed by atoms with Crippen LogP contribution >= 0.6 is 11.6 Å². The lowest BCUT2D eigenvalue weighted by Crippen LogP contribution is -2.43. The van der Waals surface area contributed by atoms with Gasteiger partial charge in [0.1, 0.15) is 5.76 Å². The zero-order valence-electron chi connectivity index (χ0n) is 14.4. The van der Waals surface area contributed by atoms with Gasteiger partial charge in [-0.05, 0) is 43.2 Å². The third kappa shape index (κ3) is 3.70. The van der Waals surface area contributed by atoms with Gasteiger partial charge in [0, 0.05) is 31.1 Å². The molecule has 2 N–H and O–H groups in total. The van der Waals surface area contributed by atoms with Crippen LogP contribution in [0.5, 0.6) is 0 Å². The highest BCUT2D eigenvalue weighted by Crippen LogP contribution is 2.25. The highest BCUT2D eigenvalue weighted by atomic mass is 35.5. The second-order valence-electron chi connectivity index (χ2n) is 6.63. The average Bonchev–Trinajstić information content (AvgIpc) is 3.31. The lowest BCUT2D eigenvalue weighted by Gasteiger charge is -2.31. The summed E-state index contributed by atoms with van der Waals surface area (Å²) in [7, 11) is 0. The molecule has 7 heteroatoms. The zero-order valence-corrected chi connectivity index (χ0v) is 15.1. The molecule has 4 rings (SSSR count). The van der Waals surface area contributed by atoms with E-state index in [0.29, 0.717) is 24.5 Å². The number of furan rings is 1. The van der Waals surface area contributed by atoms with Crippen LogP contribution in [0.4, 0.5) is 5.95 Å². The Kier molecular flexibility index (Phi) is 4.84. The summed E-state index contributed by atoms with van der Waals surface area (Å²) in [4.78, 5) is 22.6. The number of anilines is 1. The van der Waals surface area contributed by atoms with E-state index in [-0.39, 0.29) is 11.8 Å². The Balaban J connectivity index is 1.37. The Morgan fingerprint density at radius 2 is 2.35 bits per heavy atom. The monoisotopic (exact) mass is 372 g/mol. The van der Waals surface area contributed by atoms with Gasteiger partial charge in [0.05, 0.1) is 23.2 Å². The van der Waals surface area contributed by atoms with E-state index < -0.39 is 0 Å². The molecule has 3 aromatic rings. The minimum atomic E-state index is -0.0304. The Bertz CT molecular complexity index is 890. The molecule has 0 radical (unpaired) electrons. The number of rotatable bonds is 5. The predicted molar refractivity (Wildman–Crippen MR) is 101 cm³/mol. The smallest absolute Gasteiger partial charge is 0.224 e. The Morgan fingerprint density at radius 1 is 1.42 bits per heavy atom. The molecule has 6 nitrogen and oxygen atoms in total. The molecule has 1 saturated heterocycles. The largest absolute Gasteiger partial charge is 0.469 e. The van der Waals surface area contributed by atoms with Crippen molar-refractivity contribution in [2.24, 2.45) is 5.92 Å². The topological polar surface area (TPSA) is 74.2 Å². The van der Waals surface area contributed by atoms with E-state index in [9.17, 15) is 4.79 Å². The lowest BCUT2D eigenvalue weighted by molar-refractivity contribution is -0.125. The van der Waals surface area contributed by atoms with Gasteiger partial charge in [-0.1, -0.05) is 11.6 Å². The molecule has 1 fully saturated rings. The number of nitrogens with zero attached hydrogens (tertiary/aromatic N) is 2. The summed E-state index contributed by atoms with van der Waals surface area (Å²) < 4.78 is 5.29. The zero-order chi connectivity index (χ0) is 17.9. The summed E-state index contributed by atoms with van der Waals surface area (Å²) in [6.45, 7) is 2.15. The number of nitrogens with one attached hydrogen (secondary N) is 2. The van der Waals surface area contributed by atoms with Gasteiger partial charge < -0.3 is 19.6 Å². The van der Waals surface area contributed by atoms with Crippen molar-refractivity contribution in [1.82, 2.24) is 15.3 Å². The fraction of sp³-hybridized carbons (Fsp3) is 0.368. The number of aromatic amines is 1. The Hall–Kier alpha value is -2.47. The normalized spacial score (nSPS) is 17.6. The molecule has 1 aliphatic heterocycles. The molecule has 26 heavy (non-hydrogen) atoms. The summed E-state index contributed by atoms with van der Waals surface area (Å²) in [6, 6.07) is 9.38. The number of imidazole rings is 1. The molecule has 0 saturated carbocycles. The number of H-pyrrole nitrogens is 1. The first-order valence-electron chi connectivity index (χ1n) is 8.89. The van der Waals surface area contributed by atoms with Crippen LogP contribution in [0.2, 0.25) is 5.02 Å². The van der Waals surface area contributed by atoms with E-state index in [4.69, 9.17) is 16.0 Å². The number of halogens is 1. The van der Waals surface area contributed by atoms with Crippen LogP contribution in [0.25, 0.3) is 11.0 Å².